The van der Waals surface area contributed by atoms with Crippen molar-refractivity contribution in [2.24, 2.45) is 0 Å². The lowest BCUT2D eigenvalue weighted by atomic mass is 10.0. The minimum absolute atomic E-state index is 0.165. The molecule has 1 saturated heterocycles. The molecule has 7 heteroatoms. The van der Waals surface area contributed by atoms with Crippen LogP contribution in [0.25, 0.3) is 10.8 Å². The lowest BCUT2D eigenvalue weighted by Crippen LogP contribution is -2.47. The molecule has 3 aromatic rings. The highest BCUT2D eigenvalue weighted by Crippen LogP contribution is 2.22. The maximum Gasteiger partial charge on any atom is 0.251 e. The zero-order chi connectivity index (χ0) is 22.0. The first-order chi connectivity index (χ1) is 14.9. The molecule has 1 N–H and O–H groups in total. The number of nitrogens with zero attached hydrogens (tertiary/aromatic N) is 2. The number of likely N-dealkylation sites (N-methyl/N-ethyl adjacent to an activating group) is 1. The largest absolute Gasteiger partial charge is 0.348 e. The number of carbonyl (C=O) groups excluding carboxylic acids is 1. The summed E-state index contributed by atoms with van der Waals surface area (Å²) in [5, 5.41) is 5.17. The van der Waals surface area contributed by atoms with Crippen molar-refractivity contribution in [3.05, 3.63) is 77.4 Å². The van der Waals surface area contributed by atoms with Gasteiger partial charge in [-0.3, -0.25) is 4.79 Å². The zero-order valence-corrected chi connectivity index (χ0v) is 18.7. The van der Waals surface area contributed by atoms with Crippen molar-refractivity contribution in [1.29, 1.82) is 0 Å². The van der Waals surface area contributed by atoms with Gasteiger partial charge in [-0.15, -0.1) is 0 Å². The second-order valence-corrected chi connectivity index (χ2v) is 9.94. The molecule has 31 heavy (non-hydrogen) atoms. The monoisotopic (exact) mass is 437 g/mol. The topological polar surface area (TPSA) is 69.7 Å². The summed E-state index contributed by atoms with van der Waals surface area (Å²) in [6.45, 7) is 4.49. The Balaban J connectivity index is 1.54. The lowest BCUT2D eigenvalue weighted by Gasteiger charge is -2.31. The van der Waals surface area contributed by atoms with E-state index in [1.165, 1.54) is 10.4 Å². The van der Waals surface area contributed by atoms with E-state index < -0.39 is 10.0 Å². The number of fused-ring (bicyclic) bond motifs is 1. The summed E-state index contributed by atoms with van der Waals surface area (Å²) in [6, 6.07) is 18.8. The van der Waals surface area contributed by atoms with E-state index in [9.17, 15) is 13.2 Å². The number of hydrogen-bond donors (Lipinski definition) is 1. The quantitative estimate of drug-likeness (QED) is 0.666. The van der Waals surface area contributed by atoms with Crippen molar-refractivity contribution < 1.29 is 13.2 Å². The average Bonchev–Trinajstić information content (AvgIpc) is 2.78. The van der Waals surface area contributed by atoms with Crippen LogP contribution in [-0.4, -0.2) is 56.8 Å². The summed E-state index contributed by atoms with van der Waals surface area (Å²) in [4.78, 5) is 15.2. The number of nitrogens with one attached hydrogen (secondary N) is 1. The summed E-state index contributed by atoms with van der Waals surface area (Å²) in [7, 11) is -1.65. The van der Waals surface area contributed by atoms with Crippen molar-refractivity contribution in [1.82, 2.24) is 14.5 Å². The fourth-order valence-corrected chi connectivity index (χ4v) is 5.35. The normalized spacial score (nSPS) is 15.8. The molecule has 162 valence electrons. The predicted molar refractivity (Wildman–Crippen MR) is 123 cm³/mol. The van der Waals surface area contributed by atoms with Crippen LogP contribution in [-0.2, 0) is 16.6 Å². The Labute approximate surface area is 183 Å². The average molecular weight is 438 g/mol. The van der Waals surface area contributed by atoms with E-state index in [1.807, 2.05) is 56.4 Å². The predicted octanol–water partition coefficient (Wildman–Crippen LogP) is 3.01. The number of carbonyl (C=O) groups is 1. The van der Waals surface area contributed by atoms with E-state index in [0.717, 1.165) is 21.9 Å². The Hall–Kier alpha value is -2.74. The number of rotatable bonds is 5. The van der Waals surface area contributed by atoms with Gasteiger partial charge in [0.2, 0.25) is 10.0 Å². The van der Waals surface area contributed by atoms with Gasteiger partial charge < -0.3 is 10.2 Å². The molecule has 0 bridgehead atoms. The van der Waals surface area contributed by atoms with Crippen LogP contribution in [0.2, 0.25) is 0 Å². The van der Waals surface area contributed by atoms with Gasteiger partial charge in [0.1, 0.15) is 0 Å². The van der Waals surface area contributed by atoms with Crippen molar-refractivity contribution in [3.8, 4) is 0 Å². The van der Waals surface area contributed by atoms with Crippen molar-refractivity contribution in [3.63, 3.8) is 0 Å². The minimum Gasteiger partial charge on any atom is -0.348 e. The Morgan fingerprint density at radius 2 is 1.68 bits per heavy atom. The second-order valence-electron chi connectivity index (χ2n) is 8.01. The van der Waals surface area contributed by atoms with E-state index >= 15 is 0 Å². The number of benzene rings is 3. The molecule has 1 aliphatic heterocycles. The van der Waals surface area contributed by atoms with Gasteiger partial charge in [-0.1, -0.05) is 48.5 Å². The summed E-state index contributed by atoms with van der Waals surface area (Å²) >= 11 is 0. The highest BCUT2D eigenvalue weighted by atomic mass is 32.2. The first kappa shape index (κ1) is 21.5. The van der Waals surface area contributed by atoms with E-state index in [2.05, 4.69) is 10.2 Å². The van der Waals surface area contributed by atoms with Crippen LogP contribution in [0.5, 0.6) is 0 Å². The molecular weight excluding hydrogens is 410 g/mol. The molecule has 0 radical (unpaired) electrons. The summed E-state index contributed by atoms with van der Waals surface area (Å²) < 4.78 is 27.7. The highest BCUT2D eigenvalue weighted by molar-refractivity contribution is 7.89. The van der Waals surface area contributed by atoms with Crippen LogP contribution >= 0.6 is 0 Å². The van der Waals surface area contributed by atoms with E-state index in [-0.39, 0.29) is 10.8 Å². The summed E-state index contributed by atoms with van der Waals surface area (Å²) in [5.41, 5.74) is 2.15. The molecule has 0 atom stereocenters. The van der Waals surface area contributed by atoms with Crippen LogP contribution in [0.4, 0.5) is 0 Å². The maximum absolute atomic E-state index is 13.1. The SMILES string of the molecule is Cc1ccc(S(=O)(=O)N2CCN(C)CC2)cc1C(=O)NCc1cccc2ccccc12. The number of amides is 1. The van der Waals surface area contributed by atoms with Crippen LogP contribution in [0.3, 0.4) is 0 Å². The lowest BCUT2D eigenvalue weighted by molar-refractivity contribution is 0.0950. The Morgan fingerprint density at radius 1 is 0.968 bits per heavy atom. The summed E-state index contributed by atoms with van der Waals surface area (Å²) in [5.74, 6) is -0.277. The van der Waals surface area contributed by atoms with Gasteiger partial charge in [0.05, 0.1) is 4.90 Å². The molecule has 3 aromatic carbocycles. The second kappa shape index (κ2) is 8.78. The van der Waals surface area contributed by atoms with Crippen LogP contribution in [0.1, 0.15) is 21.5 Å². The van der Waals surface area contributed by atoms with Crippen molar-refractivity contribution in [2.75, 3.05) is 33.2 Å². The fourth-order valence-electron chi connectivity index (χ4n) is 3.90. The van der Waals surface area contributed by atoms with Crippen LogP contribution in [0.15, 0.2) is 65.6 Å². The van der Waals surface area contributed by atoms with E-state index in [4.69, 9.17) is 0 Å². The highest BCUT2D eigenvalue weighted by Gasteiger charge is 2.28. The number of hydrogen-bond acceptors (Lipinski definition) is 4. The van der Waals surface area contributed by atoms with Gasteiger partial charge in [0.25, 0.3) is 5.91 Å². The zero-order valence-electron chi connectivity index (χ0n) is 17.8. The fraction of sp³-hybridized carbons (Fsp3) is 0.292. The standard InChI is InChI=1S/C24H27N3O3S/c1-18-10-11-21(31(29,30)27-14-12-26(2)13-15-27)16-23(18)24(28)25-17-20-8-5-7-19-6-3-4-9-22(19)20/h3-11,16H,12-15,17H2,1-2H3,(H,25,28). The summed E-state index contributed by atoms with van der Waals surface area (Å²) in [6.07, 6.45) is 0. The van der Waals surface area contributed by atoms with Gasteiger partial charge in [-0.2, -0.15) is 4.31 Å². The Kier molecular flexibility index (Phi) is 6.09. The Morgan fingerprint density at radius 3 is 2.45 bits per heavy atom. The molecule has 0 spiro atoms. The van der Waals surface area contributed by atoms with Crippen molar-refractivity contribution in [2.45, 2.75) is 18.4 Å². The van der Waals surface area contributed by atoms with Gasteiger partial charge in [0, 0.05) is 38.3 Å². The molecule has 1 heterocycles. The van der Waals surface area contributed by atoms with E-state index in [0.29, 0.717) is 38.3 Å². The van der Waals surface area contributed by atoms with Gasteiger partial charge in [-0.05, 0) is 48.0 Å². The molecule has 1 fully saturated rings. The van der Waals surface area contributed by atoms with Crippen LogP contribution < -0.4 is 5.32 Å². The Bertz CT molecular complexity index is 1210. The molecule has 0 aliphatic carbocycles. The number of sulfonamides is 1. The molecule has 0 unspecified atom stereocenters. The minimum atomic E-state index is -3.63. The number of piperazine rings is 1. The molecular formula is C24H27N3O3S. The van der Waals surface area contributed by atoms with Gasteiger partial charge in [0.15, 0.2) is 0 Å². The number of aryl methyl sites for hydroxylation is 1. The smallest absolute Gasteiger partial charge is 0.251 e. The van der Waals surface area contributed by atoms with E-state index in [1.54, 1.807) is 12.1 Å². The third kappa shape index (κ3) is 4.49. The maximum atomic E-state index is 13.1. The third-order valence-corrected chi connectivity index (χ3v) is 7.77. The van der Waals surface area contributed by atoms with Crippen LogP contribution in [0, 0.1) is 6.92 Å². The third-order valence-electron chi connectivity index (χ3n) is 5.87. The molecule has 0 aromatic heterocycles. The van der Waals surface area contributed by atoms with Gasteiger partial charge >= 0.3 is 0 Å². The molecule has 4 rings (SSSR count). The molecule has 6 nitrogen and oxygen atoms in total. The first-order valence-electron chi connectivity index (χ1n) is 10.4. The molecule has 1 amide bonds. The van der Waals surface area contributed by atoms with Gasteiger partial charge in [-0.25, -0.2) is 8.42 Å². The van der Waals surface area contributed by atoms with Crippen molar-refractivity contribution >= 4 is 26.7 Å². The molecule has 1 aliphatic rings. The molecule has 0 saturated carbocycles. The first-order valence-corrected chi connectivity index (χ1v) is 11.8.